The van der Waals surface area contributed by atoms with Crippen LogP contribution in [-0.2, 0) is 4.79 Å². The quantitative estimate of drug-likeness (QED) is 0.495. The molecule has 0 radical (unpaired) electrons. The van der Waals surface area contributed by atoms with Crippen molar-refractivity contribution in [2.45, 2.75) is 6.10 Å². The second-order valence-electron chi connectivity index (χ2n) is 7.73. The minimum absolute atomic E-state index is 0. The number of carbonyl (C=O) groups excluding carboxylic acids is 2. The summed E-state index contributed by atoms with van der Waals surface area (Å²) in [5, 5.41) is 13.7. The number of carbonyl (C=O) groups is 2. The Labute approximate surface area is 198 Å². The Morgan fingerprint density at radius 1 is 0.969 bits per heavy atom. The van der Waals surface area contributed by atoms with E-state index >= 15 is 0 Å². The number of rotatable bonds is 6. The number of para-hydroxylation sites is 1. The second kappa shape index (κ2) is 10.8. The summed E-state index contributed by atoms with van der Waals surface area (Å²) in [6.45, 7) is 3.74. The Balaban J connectivity index is 0.00000289. The van der Waals surface area contributed by atoms with Crippen LogP contribution in [0.2, 0.25) is 5.02 Å². The highest BCUT2D eigenvalue weighted by Gasteiger charge is 2.35. The topological polar surface area (TPSA) is 76.1 Å². The molecule has 2 aliphatic rings. The van der Waals surface area contributed by atoms with Crippen molar-refractivity contribution in [1.29, 1.82) is 0 Å². The van der Waals surface area contributed by atoms with Gasteiger partial charge in [-0.1, -0.05) is 41.9 Å². The Morgan fingerprint density at radius 3 is 2.28 bits per heavy atom. The highest BCUT2D eigenvalue weighted by Crippen LogP contribution is 2.18. The van der Waals surface area contributed by atoms with E-state index in [2.05, 4.69) is 27.2 Å². The number of anilines is 1. The lowest BCUT2D eigenvalue weighted by molar-refractivity contribution is -0.124. The molecule has 9 heteroatoms. The molecule has 1 unspecified atom stereocenters. The van der Waals surface area contributed by atoms with Crippen LogP contribution in [0.15, 0.2) is 60.3 Å². The molecule has 2 N–H and O–H groups in total. The highest BCUT2D eigenvalue weighted by atomic mass is 35.5. The van der Waals surface area contributed by atoms with E-state index in [-0.39, 0.29) is 24.6 Å². The molecule has 1 atom stereocenters. The van der Waals surface area contributed by atoms with E-state index in [9.17, 15) is 14.7 Å². The molecule has 2 saturated heterocycles. The van der Waals surface area contributed by atoms with Gasteiger partial charge in [-0.25, -0.2) is 4.79 Å². The van der Waals surface area contributed by atoms with Crippen LogP contribution >= 0.6 is 24.0 Å². The van der Waals surface area contributed by atoms with Gasteiger partial charge in [-0.3, -0.25) is 14.6 Å². The average molecular weight is 477 g/mol. The van der Waals surface area contributed by atoms with Crippen LogP contribution in [-0.4, -0.2) is 72.2 Å². The molecule has 170 valence electrons. The Kier molecular flexibility index (Phi) is 8.15. The number of nitrogens with zero attached hydrogens (tertiary/aromatic N) is 3. The molecular weight excluding hydrogens is 451 g/mol. The largest absolute Gasteiger partial charge is 0.390 e. The molecule has 0 aliphatic carbocycles. The smallest absolute Gasteiger partial charge is 0.329 e. The van der Waals surface area contributed by atoms with Crippen LogP contribution in [0.1, 0.15) is 5.56 Å². The Morgan fingerprint density at radius 2 is 1.62 bits per heavy atom. The van der Waals surface area contributed by atoms with E-state index < -0.39 is 18.0 Å². The zero-order chi connectivity index (χ0) is 21.8. The zero-order valence-electron chi connectivity index (χ0n) is 17.5. The van der Waals surface area contributed by atoms with Gasteiger partial charge in [-0.15, -0.1) is 12.4 Å². The normalized spacial score (nSPS) is 19.1. The van der Waals surface area contributed by atoms with Crippen LogP contribution in [0.4, 0.5) is 10.5 Å². The van der Waals surface area contributed by atoms with Crippen molar-refractivity contribution in [3.8, 4) is 0 Å². The first-order valence-electron chi connectivity index (χ1n) is 10.3. The Bertz CT molecular complexity index is 961. The lowest BCUT2D eigenvalue weighted by atomic mass is 10.2. The third-order valence-electron chi connectivity index (χ3n) is 5.50. The van der Waals surface area contributed by atoms with Gasteiger partial charge in [-0.05, 0) is 35.9 Å². The molecule has 2 aliphatic heterocycles. The number of aliphatic hydroxyl groups is 1. The molecule has 0 saturated carbocycles. The SMILES string of the molecule is Cl.O=C1N/C(=C\c2ccc(Cl)cc2)C(=O)N1CC(O)CN1CCN(c2ccccc2)CC1. The number of imide groups is 1. The maximum atomic E-state index is 12.6. The van der Waals surface area contributed by atoms with E-state index in [4.69, 9.17) is 11.6 Å². The van der Waals surface area contributed by atoms with Crippen molar-refractivity contribution in [3.63, 3.8) is 0 Å². The van der Waals surface area contributed by atoms with Crippen molar-refractivity contribution < 1.29 is 14.7 Å². The molecule has 0 bridgehead atoms. The summed E-state index contributed by atoms with van der Waals surface area (Å²) < 4.78 is 0. The summed E-state index contributed by atoms with van der Waals surface area (Å²) >= 11 is 5.88. The van der Waals surface area contributed by atoms with Crippen molar-refractivity contribution >= 4 is 47.7 Å². The number of piperazine rings is 1. The van der Waals surface area contributed by atoms with Crippen LogP contribution in [0.3, 0.4) is 0 Å². The molecule has 0 spiro atoms. The molecule has 2 aromatic carbocycles. The van der Waals surface area contributed by atoms with Crippen molar-refractivity contribution in [1.82, 2.24) is 15.1 Å². The third kappa shape index (κ3) is 5.81. The number of urea groups is 1. The summed E-state index contributed by atoms with van der Waals surface area (Å²) in [5.41, 5.74) is 2.14. The summed E-state index contributed by atoms with van der Waals surface area (Å²) in [6.07, 6.45) is 0.791. The summed E-state index contributed by atoms with van der Waals surface area (Å²) in [7, 11) is 0. The van der Waals surface area contributed by atoms with E-state index in [0.717, 1.165) is 36.6 Å². The maximum absolute atomic E-state index is 12.6. The number of hydrogen-bond donors (Lipinski definition) is 2. The summed E-state index contributed by atoms with van der Waals surface area (Å²) in [6, 6.07) is 16.7. The molecule has 2 aromatic rings. The van der Waals surface area contributed by atoms with Gasteiger partial charge in [-0.2, -0.15) is 0 Å². The van der Waals surface area contributed by atoms with Crippen LogP contribution < -0.4 is 10.2 Å². The molecule has 0 aromatic heterocycles. The van der Waals surface area contributed by atoms with E-state index in [1.807, 2.05) is 18.2 Å². The average Bonchev–Trinajstić information content (AvgIpc) is 3.04. The number of aliphatic hydroxyl groups excluding tert-OH is 1. The fourth-order valence-corrected chi connectivity index (χ4v) is 3.98. The van der Waals surface area contributed by atoms with Gasteiger partial charge >= 0.3 is 6.03 Å². The first-order valence-corrected chi connectivity index (χ1v) is 10.7. The molecule has 3 amide bonds. The van der Waals surface area contributed by atoms with Gasteiger partial charge in [0.1, 0.15) is 5.70 Å². The fourth-order valence-electron chi connectivity index (χ4n) is 3.86. The van der Waals surface area contributed by atoms with Crippen LogP contribution in [0.5, 0.6) is 0 Å². The highest BCUT2D eigenvalue weighted by molar-refractivity contribution is 6.30. The number of hydrogen-bond acceptors (Lipinski definition) is 5. The standard InChI is InChI=1S/C23H25ClN4O3.ClH/c24-18-8-6-17(7-9-18)14-21-22(30)28(23(31)25-21)16-20(29)15-26-10-12-27(13-11-26)19-4-2-1-3-5-19;/h1-9,14,20,29H,10-13,15-16H2,(H,25,31);1H/b21-14-;. The van der Waals surface area contributed by atoms with Crippen molar-refractivity contribution in [2.24, 2.45) is 0 Å². The van der Waals surface area contributed by atoms with Gasteiger partial charge in [0, 0.05) is 43.4 Å². The van der Waals surface area contributed by atoms with Gasteiger partial charge in [0.05, 0.1) is 12.6 Å². The predicted octanol–water partition coefficient (Wildman–Crippen LogP) is 2.84. The third-order valence-corrected chi connectivity index (χ3v) is 5.75. The van der Waals surface area contributed by atoms with Crippen molar-refractivity contribution in [3.05, 3.63) is 70.9 Å². The van der Waals surface area contributed by atoms with Gasteiger partial charge in [0.2, 0.25) is 0 Å². The van der Waals surface area contributed by atoms with Gasteiger partial charge in [0.25, 0.3) is 5.91 Å². The molecule has 2 heterocycles. The monoisotopic (exact) mass is 476 g/mol. The molecule has 7 nitrogen and oxygen atoms in total. The van der Waals surface area contributed by atoms with E-state index in [1.165, 1.54) is 5.69 Å². The van der Waals surface area contributed by atoms with E-state index in [1.54, 1.807) is 30.3 Å². The number of amides is 3. The van der Waals surface area contributed by atoms with Crippen molar-refractivity contribution in [2.75, 3.05) is 44.2 Å². The van der Waals surface area contributed by atoms with Gasteiger partial charge in [0.15, 0.2) is 0 Å². The minimum atomic E-state index is -0.812. The maximum Gasteiger partial charge on any atom is 0.329 e. The number of benzene rings is 2. The number of β-amino-alcohol motifs (C(OH)–C–C–N with tert-alkyl or cyclic N) is 1. The molecule has 32 heavy (non-hydrogen) atoms. The lowest BCUT2D eigenvalue weighted by Gasteiger charge is -2.37. The number of halogens is 2. The van der Waals surface area contributed by atoms with Gasteiger partial charge < -0.3 is 15.3 Å². The minimum Gasteiger partial charge on any atom is -0.390 e. The first-order chi connectivity index (χ1) is 15.0. The molecule has 2 fully saturated rings. The van der Waals surface area contributed by atoms with Crippen LogP contribution in [0.25, 0.3) is 6.08 Å². The Hall–Kier alpha value is -2.58. The van der Waals surface area contributed by atoms with E-state index in [0.29, 0.717) is 11.6 Å². The predicted molar refractivity (Wildman–Crippen MR) is 128 cm³/mol. The first kappa shape index (κ1) is 24.1. The number of nitrogens with one attached hydrogen (secondary N) is 1. The zero-order valence-corrected chi connectivity index (χ0v) is 19.1. The second-order valence-corrected chi connectivity index (χ2v) is 8.17. The molecule has 4 rings (SSSR count). The summed E-state index contributed by atoms with van der Waals surface area (Å²) in [4.78, 5) is 30.4. The van der Waals surface area contributed by atoms with Crippen LogP contribution in [0, 0.1) is 0 Å². The lowest BCUT2D eigenvalue weighted by Crippen LogP contribution is -2.50. The molecular formula is C23H26Cl2N4O3. The fraction of sp³-hybridized carbons (Fsp3) is 0.304. The summed E-state index contributed by atoms with van der Waals surface area (Å²) in [5.74, 6) is -0.437.